The van der Waals surface area contributed by atoms with E-state index in [0.717, 1.165) is 5.69 Å². The third-order valence-corrected chi connectivity index (χ3v) is 1.70. The summed E-state index contributed by atoms with van der Waals surface area (Å²) in [6, 6.07) is 3.85. The van der Waals surface area contributed by atoms with Crippen LogP contribution in [0.2, 0.25) is 0 Å². The highest BCUT2D eigenvalue weighted by molar-refractivity contribution is 5.41. The van der Waals surface area contributed by atoms with Crippen LogP contribution in [0.15, 0.2) is 12.3 Å². The van der Waals surface area contributed by atoms with Crippen LogP contribution in [-0.2, 0) is 0 Å². The van der Waals surface area contributed by atoms with Gasteiger partial charge in [0.15, 0.2) is 0 Å². The fourth-order valence-electron chi connectivity index (χ4n) is 0.995. The lowest BCUT2D eigenvalue weighted by molar-refractivity contribution is 0.270. The molecule has 1 rings (SSSR count). The maximum Gasteiger partial charge on any atom is 0.140 e. The number of hydrogen-bond donors (Lipinski definition) is 0. The standard InChI is InChI=1S/C11H14N2O/c1-8(2)7-14-11-4-9(3)13-6-10(11)5-12/h4,6,8H,7H2,1-3H3. The minimum atomic E-state index is 0.454. The number of nitriles is 1. The third kappa shape index (κ3) is 2.74. The van der Waals surface area contributed by atoms with Crippen LogP contribution in [0.25, 0.3) is 0 Å². The van der Waals surface area contributed by atoms with Gasteiger partial charge < -0.3 is 4.74 Å². The summed E-state index contributed by atoms with van der Waals surface area (Å²) in [6.07, 6.45) is 1.55. The first-order chi connectivity index (χ1) is 6.63. The highest BCUT2D eigenvalue weighted by Gasteiger charge is 2.04. The smallest absolute Gasteiger partial charge is 0.140 e. The lowest BCUT2D eigenvalue weighted by Crippen LogP contribution is -2.06. The van der Waals surface area contributed by atoms with E-state index in [9.17, 15) is 0 Å². The van der Waals surface area contributed by atoms with Crippen molar-refractivity contribution in [3.05, 3.63) is 23.5 Å². The molecule has 14 heavy (non-hydrogen) atoms. The zero-order valence-corrected chi connectivity index (χ0v) is 8.74. The Bertz CT molecular complexity index is 353. The molecule has 0 atom stereocenters. The summed E-state index contributed by atoms with van der Waals surface area (Å²) in [5.74, 6) is 1.09. The van der Waals surface area contributed by atoms with Crippen molar-refractivity contribution in [1.29, 1.82) is 5.26 Å². The highest BCUT2D eigenvalue weighted by atomic mass is 16.5. The van der Waals surface area contributed by atoms with Crippen LogP contribution >= 0.6 is 0 Å². The first-order valence-electron chi connectivity index (χ1n) is 4.63. The number of rotatable bonds is 3. The Morgan fingerprint density at radius 2 is 2.29 bits per heavy atom. The van der Waals surface area contributed by atoms with Gasteiger partial charge in [0.25, 0.3) is 0 Å². The van der Waals surface area contributed by atoms with Gasteiger partial charge in [-0.05, 0) is 12.8 Å². The van der Waals surface area contributed by atoms with Crippen molar-refractivity contribution in [2.45, 2.75) is 20.8 Å². The summed E-state index contributed by atoms with van der Waals surface area (Å²) in [4.78, 5) is 4.04. The molecule has 3 nitrogen and oxygen atoms in total. The second-order valence-corrected chi connectivity index (χ2v) is 3.64. The molecule has 0 aliphatic heterocycles. The van der Waals surface area contributed by atoms with Crippen LogP contribution in [0.3, 0.4) is 0 Å². The predicted octanol–water partition coefficient (Wildman–Crippen LogP) is 2.30. The lowest BCUT2D eigenvalue weighted by atomic mass is 10.2. The summed E-state index contributed by atoms with van der Waals surface area (Å²) >= 11 is 0. The van der Waals surface area contributed by atoms with Crippen molar-refractivity contribution in [2.75, 3.05) is 6.61 Å². The van der Waals surface area contributed by atoms with Crippen molar-refractivity contribution in [3.63, 3.8) is 0 Å². The summed E-state index contributed by atoms with van der Waals surface area (Å²) in [5.41, 5.74) is 1.36. The van der Waals surface area contributed by atoms with Crippen LogP contribution in [0.5, 0.6) is 5.75 Å². The molecule has 0 saturated carbocycles. The fourth-order valence-corrected chi connectivity index (χ4v) is 0.995. The second kappa shape index (κ2) is 4.61. The van der Waals surface area contributed by atoms with E-state index in [2.05, 4.69) is 24.9 Å². The first kappa shape index (κ1) is 10.5. The van der Waals surface area contributed by atoms with E-state index in [1.165, 1.54) is 0 Å². The summed E-state index contributed by atoms with van der Waals surface area (Å²) in [6.45, 7) is 6.64. The average Bonchev–Trinajstić information content (AvgIpc) is 2.15. The molecule has 0 aromatic carbocycles. The minimum absolute atomic E-state index is 0.454. The van der Waals surface area contributed by atoms with Gasteiger partial charge in [-0.15, -0.1) is 0 Å². The number of nitrogens with zero attached hydrogens (tertiary/aromatic N) is 2. The maximum absolute atomic E-state index is 8.80. The zero-order valence-electron chi connectivity index (χ0n) is 8.74. The molecule has 0 fully saturated rings. The fraction of sp³-hybridized carbons (Fsp3) is 0.455. The Labute approximate surface area is 84.3 Å². The van der Waals surface area contributed by atoms with Crippen molar-refractivity contribution in [3.8, 4) is 11.8 Å². The van der Waals surface area contributed by atoms with E-state index in [1.807, 2.05) is 6.92 Å². The van der Waals surface area contributed by atoms with Gasteiger partial charge in [0.2, 0.25) is 0 Å². The van der Waals surface area contributed by atoms with Crippen LogP contribution in [-0.4, -0.2) is 11.6 Å². The average molecular weight is 190 g/mol. The zero-order chi connectivity index (χ0) is 10.6. The van der Waals surface area contributed by atoms with Crippen LogP contribution in [0.4, 0.5) is 0 Å². The molecule has 0 N–H and O–H groups in total. The van der Waals surface area contributed by atoms with Gasteiger partial charge in [-0.2, -0.15) is 5.26 Å². The summed E-state index contributed by atoms with van der Waals surface area (Å²) < 4.78 is 5.51. The maximum atomic E-state index is 8.80. The Balaban J connectivity index is 2.84. The largest absolute Gasteiger partial charge is 0.492 e. The molecule has 0 bridgehead atoms. The Hall–Kier alpha value is -1.56. The molecule has 1 aromatic rings. The van der Waals surface area contributed by atoms with Gasteiger partial charge in [-0.3, -0.25) is 4.98 Å². The van der Waals surface area contributed by atoms with E-state index in [4.69, 9.17) is 10.00 Å². The van der Waals surface area contributed by atoms with Gasteiger partial charge in [-0.1, -0.05) is 13.8 Å². The normalized spacial score (nSPS) is 9.93. The summed E-state index contributed by atoms with van der Waals surface area (Å²) in [7, 11) is 0. The molecule has 0 saturated heterocycles. The van der Waals surface area contributed by atoms with E-state index in [1.54, 1.807) is 12.3 Å². The molecule has 3 heteroatoms. The van der Waals surface area contributed by atoms with Gasteiger partial charge in [0.05, 0.1) is 6.61 Å². The summed E-state index contributed by atoms with van der Waals surface area (Å²) in [5, 5.41) is 8.80. The SMILES string of the molecule is Cc1cc(OCC(C)C)c(C#N)cn1. The highest BCUT2D eigenvalue weighted by Crippen LogP contribution is 2.18. The predicted molar refractivity (Wildman–Crippen MR) is 54.0 cm³/mol. The lowest BCUT2D eigenvalue weighted by Gasteiger charge is -2.09. The number of hydrogen-bond acceptors (Lipinski definition) is 3. The Morgan fingerprint density at radius 1 is 1.57 bits per heavy atom. The molecular formula is C11H14N2O. The van der Waals surface area contributed by atoms with Gasteiger partial charge in [-0.25, -0.2) is 0 Å². The quantitative estimate of drug-likeness (QED) is 0.734. The Morgan fingerprint density at radius 3 is 2.86 bits per heavy atom. The second-order valence-electron chi connectivity index (χ2n) is 3.64. The monoisotopic (exact) mass is 190 g/mol. The van der Waals surface area contributed by atoms with Crippen LogP contribution < -0.4 is 4.74 Å². The number of aromatic nitrogens is 1. The van der Waals surface area contributed by atoms with Crippen molar-refractivity contribution in [1.82, 2.24) is 4.98 Å². The molecule has 0 unspecified atom stereocenters. The van der Waals surface area contributed by atoms with E-state index >= 15 is 0 Å². The molecular weight excluding hydrogens is 176 g/mol. The van der Waals surface area contributed by atoms with Crippen molar-refractivity contribution < 1.29 is 4.74 Å². The molecule has 74 valence electrons. The third-order valence-electron chi connectivity index (χ3n) is 1.70. The molecule has 0 spiro atoms. The topological polar surface area (TPSA) is 45.9 Å². The number of aryl methyl sites for hydroxylation is 1. The van der Waals surface area contributed by atoms with Crippen LogP contribution in [0.1, 0.15) is 25.1 Å². The molecule has 1 heterocycles. The van der Waals surface area contributed by atoms with Gasteiger partial charge in [0, 0.05) is 18.0 Å². The molecule has 0 aliphatic carbocycles. The Kier molecular flexibility index (Phi) is 3.47. The molecule has 0 aliphatic rings. The van der Waals surface area contributed by atoms with E-state index in [0.29, 0.717) is 23.8 Å². The number of pyridine rings is 1. The molecule has 0 amide bonds. The van der Waals surface area contributed by atoms with Crippen molar-refractivity contribution >= 4 is 0 Å². The van der Waals surface area contributed by atoms with E-state index in [-0.39, 0.29) is 0 Å². The molecule has 1 aromatic heterocycles. The minimum Gasteiger partial charge on any atom is -0.492 e. The van der Waals surface area contributed by atoms with Crippen LogP contribution in [0, 0.1) is 24.2 Å². The van der Waals surface area contributed by atoms with Gasteiger partial charge >= 0.3 is 0 Å². The number of ether oxygens (including phenoxy) is 1. The molecule has 0 radical (unpaired) electrons. The van der Waals surface area contributed by atoms with Gasteiger partial charge in [0.1, 0.15) is 17.4 Å². The van der Waals surface area contributed by atoms with E-state index < -0.39 is 0 Å². The first-order valence-corrected chi connectivity index (χ1v) is 4.63. The van der Waals surface area contributed by atoms with Crippen molar-refractivity contribution in [2.24, 2.45) is 5.92 Å².